The van der Waals surface area contributed by atoms with Crippen molar-refractivity contribution in [3.8, 4) is 0 Å². The lowest BCUT2D eigenvalue weighted by atomic mass is 9.95. The molecular formula is C16H24FN3O. The van der Waals surface area contributed by atoms with Crippen molar-refractivity contribution in [1.29, 1.82) is 0 Å². The first-order valence-corrected chi connectivity index (χ1v) is 7.45. The van der Waals surface area contributed by atoms with Crippen molar-refractivity contribution in [2.45, 2.75) is 32.9 Å². The standard InChI is InChI=1S/C16H24FN3O/c1-11-7-13(3-4-14(11)17)8-19-16(21)10-20-6-5-15(18)12(2)9-20/h3-4,7,12,15H,5-6,8-10,18H2,1-2H3,(H,19,21). The zero-order chi connectivity index (χ0) is 15.4. The molecule has 1 amide bonds. The van der Waals surface area contributed by atoms with E-state index in [0.717, 1.165) is 25.1 Å². The second-order valence-electron chi connectivity index (χ2n) is 6.03. The molecule has 0 radical (unpaired) electrons. The quantitative estimate of drug-likeness (QED) is 0.882. The topological polar surface area (TPSA) is 58.4 Å². The number of nitrogens with two attached hydrogens (primary N) is 1. The fraction of sp³-hybridized carbons (Fsp3) is 0.562. The van der Waals surface area contributed by atoms with Crippen LogP contribution in [0.2, 0.25) is 0 Å². The van der Waals surface area contributed by atoms with Crippen LogP contribution in [-0.2, 0) is 11.3 Å². The van der Waals surface area contributed by atoms with Crippen LogP contribution >= 0.6 is 0 Å². The zero-order valence-electron chi connectivity index (χ0n) is 12.7. The van der Waals surface area contributed by atoms with Gasteiger partial charge in [-0.15, -0.1) is 0 Å². The number of carbonyl (C=O) groups excluding carboxylic acids is 1. The molecule has 1 aliphatic heterocycles. The second-order valence-corrected chi connectivity index (χ2v) is 6.03. The van der Waals surface area contributed by atoms with Gasteiger partial charge in [-0.1, -0.05) is 19.1 Å². The minimum Gasteiger partial charge on any atom is -0.351 e. The Morgan fingerprint density at radius 2 is 2.29 bits per heavy atom. The summed E-state index contributed by atoms with van der Waals surface area (Å²) in [5.74, 6) is 0.203. The number of hydrogen-bond acceptors (Lipinski definition) is 3. The molecule has 0 saturated carbocycles. The van der Waals surface area contributed by atoms with Crippen LogP contribution < -0.4 is 11.1 Å². The van der Waals surface area contributed by atoms with E-state index < -0.39 is 0 Å². The van der Waals surface area contributed by atoms with Gasteiger partial charge in [0, 0.05) is 25.7 Å². The molecule has 0 aromatic heterocycles. The Bertz CT molecular complexity index is 506. The summed E-state index contributed by atoms with van der Waals surface area (Å²) in [4.78, 5) is 14.1. The van der Waals surface area contributed by atoms with Crippen LogP contribution in [0, 0.1) is 18.7 Å². The Morgan fingerprint density at radius 1 is 1.52 bits per heavy atom. The maximum absolute atomic E-state index is 13.2. The summed E-state index contributed by atoms with van der Waals surface area (Å²) in [6, 6.07) is 5.14. The highest BCUT2D eigenvalue weighted by atomic mass is 19.1. The minimum absolute atomic E-state index is 0.000325. The summed E-state index contributed by atoms with van der Waals surface area (Å²) in [5, 5.41) is 2.88. The number of benzene rings is 1. The number of amides is 1. The van der Waals surface area contributed by atoms with Crippen molar-refractivity contribution in [3.63, 3.8) is 0 Å². The Hall–Kier alpha value is -1.46. The van der Waals surface area contributed by atoms with E-state index in [2.05, 4.69) is 17.1 Å². The maximum atomic E-state index is 13.2. The first kappa shape index (κ1) is 15.9. The van der Waals surface area contributed by atoms with E-state index in [1.807, 2.05) is 0 Å². The van der Waals surface area contributed by atoms with Crippen LogP contribution in [0.1, 0.15) is 24.5 Å². The summed E-state index contributed by atoms with van der Waals surface area (Å²) >= 11 is 0. The number of piperidine rings is 1. The van der Waals surface area contributed by atoms with Crippen molar-refractivity contribution < 1.29 is 9.18 Å². The second kappa shape index (κ2) is 7.00. The highest BCUT2D eigenvalue weighted by Gasteiger charge is 2.24. The molecule has 1 saturated heterocycles. The lowest BCUT2D eigenvalue weighted by molar-refractivity contribution is -0.122. The van der Waals surface area contributed by atoms with Gasteiger partial charge in [-0.2, -0.15) is 0 Å². The zero-order valence-corrected chi connectivity index (χ0v) is 12.7. The van der Waals surface area contributed by atoms with Crippen molar-refractivity contribution in [3.05, 3.63) is 35.1 Å². The van der Waals surface area contributed by atoms with E-state index in [4.69, 9.17) is 5.73 Å². The molecule has 1 heterocycles. The molecule has 0 aliphatic carbocycles. The highest BCUT2D eigenvalue weighted by molar-refractivity contribution is 5.78. The SMILES string of the molecule is Cc1cc(CNC(=O)CN2CCC(N)C(C)C2)ccc1F. The van der Waals surface area contributed by atoms with Crippen molar-refractivity contribution in [2.75, 3.05) is 19.6 Å². The summed E-state index contributed by atoms with van der Waals surface area (Å²) in [5.41, 5.74) is 7.49. The van der Waals surface area contributed by atoms with Crippen LogP contribution in [0.5, 0.6) is 0 Å². The first-order valence-electron chi connectivity index (χ1n) is 7.45. The van der Waals surface area contributed by atoms with Crippen LogP contribution in [0.15, 0.2) is 18.2 Å². The maximum Gasteiger partial charge on any atom is 0.234 e. The summed E-state index contributed by atoms with van der Waals surface area (Å²) in [6.07, 6.45) is 0.936. The first-order chi connectivity index (χ1) is 9.95. The third-order valence-electron chi connectivity index (χ3n) is 4.13. The summed E-state index contributed by atoms with van der Waals surface area (Å²) < 4.78 is 13.2. The van der Waals surface area contributed by atoms with Crippen LogP contribution in [0.3, 0.4) is 0 Å². The lowest BCUT2D eigenvalue weighted by Crippen LogP contribution is -2.48. The van der Waals surface area contributed by atoms with Gasteiger partial charge in [-0.25, -0.2) is 4.39 Å². The number of nitrogens with zero attached hydrogens (tertiary/aromatic N) is 1. The van der Waals surface area contributed by atoms with Gasteiger partial charge >= 0.3 is 0 Å². The molecule has 1 aliphatic rings. The fourth-order valence-corrected chi connectivity index (χ4v) is 2.67. The highest BCUT2D eigenvalue weighted by Crippen LogP contribution is 2.14. The predicted octanol–water partition coefficient (Wildman–Crippen LogP) is 1.42. The largest absolute Gasteiger partial charge is 0.351 e. The molecule has 1 aromatic carbocycles. The predicted molar refractivity (Wildman–Crippen MR) is 81.2 cm³/mol. The van der Waals surface area contributed by atoms with Crippen molar-refractivity contribution >= 4 is 5.91 Å². The molecule has 0 bridgehead atoms. The number of halogens is 1. The number of hydrogen-bond donors (Lipinski definition) is 2. The Morgan fingerprint density at radius 3 is 2.95 bits per heavy atom. The van der Waals surface area contributed by atoms with E-state index >= 15 is 0 Å². The fourth-order valence-electron chi connectivity index (χ4n) is 2.67. The number of nitrogens with one attached hydrogen (secondary N) is 1. The van der Waals surface area contributed by atoms with E-state index in [0.29, 0.717) is 24.6 Å². The Labute approximate surface area is 125 Å². The number of aryl methyl sites for hydroxylation is 1. The number of carbonyl (C=O) groups is 1. The average molecular weight is 293 g/mol. The molecule has 2 unspecified atom stereocenters. The third-order valence-corrected chi connectivity index (χ3v) is 4.13. The van der Waals surface area contributed by atoms with E-state index in [1.165, 1.54) is 6.07 Å². The van der Waals surface area contributed by atoms with Gasteiger partial charge in [-0.3, -0.25) is 9.69 Å². The number of likely N-dealkylation sites (tertiary alicyclic amines) is 1. The summed E-state index contributed by atoms with van der Waals surface area (Å²) in [7, 11) is 0. The molecule has 2 rings (SSSR count). The normalized spacial score (nSPS) is 23.0. The van der Waals surface area contributed by atoms with Gasteiger partial charge in [0.05, 0.1) is 6.54 Å². The molecule has 116 valence electrons. The summed E-state index contributed by atoms with van der Waals surface area (Å²) in [6.45, 7) is 6.41. The molecule has 0 spiro atoms. The molecule has 2 atom stereocenters. The molecular weight excluding hydrogens is 269 g/mol. The molecule has 4 nitrogen and oxygen atoms in total. The Kier molecular flexibility index (Phi) is 5.31. The van der Waals surface area contributed by atoms with Gasteiger partial charge in [0.15, 0.2) is 0 Å². The van der Waals surface area contributed by atoms with Crippen LogP contribution in [0.25, 0.3) is 0 Å². The van der Waals surface area contributed by atoms with E-state index in [1.54, 1.807) is 19.1 Å². The third kappa shape index (κ3) is 4.51. The van der Waals surface area contributed by atoms with Crippen molar-refractivity contribution in [2.24, 2.45) is 11.7 Å². The average Bonchev–Trinajstić information content (AvgIpc) is 2.44. The minimum atomic E-state index is -0.219. The molecule has 5 heteroatoms. The van der Waals surface area contributed by atoms with Gasteiger partial charge in [0.25, 0.3) is 0 Å². The van der Waals surface area contributed by atoms with Crippen LogP contribution in [0.4, 0.5) is 4.39 Å². The molecule has 21 heavy (non-hydrogen) atoms. The molecule has 1 aromatic rings. The van der Waals surface area contributed by atoms with Gasteiger partial charge in [0.1, 0.15) is 5.82 Å². The Balaban J connectivity index is 1.78. The van der Waals surface area contributed by atoms with E-state index in [-0.39, 0.29) is 17.8 Å². The monoisotopic (exact) mass is 293 g/mol. The van der Waals surface area contributed by atoms with Crippen molar-refractivity contribution in [1.82, 2.24) is 10.2 Å². The lowest BCUT2D eigenvalue weighted by Gasteiger charge is -2.34. The number of rotatable bonds is 4. The smallest absolute Gasteiger partial charge is 0.234 e. The van der Waals surface area contributed by atoms with Gasteiger partial charge in [0.2, 0.25) is 5.91 Å². The molecule has 3 N–H and O–H groups in total. The molecule has 1 fully saturated rings. The van der Waals surface area contributed by atoms with E-state index in [9.17, 15) is 9.18 Å². The van der Waals surface area contributed by atoms with Crippen LogP contribution in [-0.4, -0.2) is 36.5 Å². The van der Waals surface area contributed by atoms with Gasteiger partial charge in [-0.05, 0) is 36.5 Å². The van der Waals surface area contributed by atoms with Gasteiger partial charge < -0.3 is 11.1 Å².